The quantitative estimate of drug-likeness (QED) is 0.111. The summed E-state index contributed by atoms with van der Waals surface area (Å²) < 4.78 is 33.0. The van der Waals surface area contributed by atoms with Gasteiger partial charge in [0, 0.05) is 46.0 Å². The van der Waals surface area contributed by atoms with E-state index >= 15 is 0 Å². The number of hydrogen-bond acceptors (Lipinski definition) is 12. The minimum Gasteiger partial charge on any atom is -0.508 e. The van der Waals surface area contributed by atoms with Crippen LogP contribution in [0.1, 0.15) is 38.8 Å². The second kappa shape index (κ2) is 15.2. The average Bonchev–Trinajstić information content (AvgIpc) is 2.98. The molecule has 242 valence electrons. The number of phenols is 3. The van der Waals surface area contributed by atoms with Gasteiger partial charge in [-0.3, -0.25) is 0 Å². The summed E-state index contributed by atoms with van der Waals surface area (Å²) in [5, 5.41) is 31.4. The summed E-state index contributed by atoms with van der Waals surface area (Å²) in [6.45, 7) is 16.3. The zero-order chi connectivity index (χ0) is 34.1. The van der Waals surface area contributed by atoms with Crippen LogP contribution < -0.4 is 28.4 Å². The highest BCUT2D eigenvalue weighted by molar-refractivity contribution is 5.90. The summed E-state index contributed by atoms with van der Waals surface area (Å²) in [7, 11) is 0. The summed E-state index contributed by atoms with van der Waals surface area (Å²) in [4.78, 5) is 36.7. The lowest BCUT2D eigenvalue weighted by molar-refractivity contribution is -0.131. The van der Waals surface area contributed by atoms with Crippen molar-refractivity contribution in [2.24, 2.45) is 0 Å². The summed E-state index contributed by atoms with van der Waals surface area (Å²) in [5.41, 5.74) is 0.697. The first-order valence-corrected chi connectivity index (χ1v) is 13.8. The number of aromatic hydroxyl groups is 3. The molecule has 0 radical (unpaired) electrons. The third kappa shape index (κ3) is 9.05. The fraction of sp³-hybridized carbons (Fsp3) is 0.206. The number of benzene rings is 3. The van der Waals surface area contributed by atoms with E-state index in [1.807, 2.05) is 0 Å². The van der Waals surface area contributed by atoms with Crippen LogP contribution in [0.2, 0.25) is 0 Å². The number of esters is 3. The Morgan fingerprint density at radius 2 is 1.09 bits per heavy atom. The lowest BCUT2D eigenvalue weighted by Crippen LogP contribution is -2.12. The van der Waals surface area contributed by atoms with Crippen LogP contribution in [0, 0.1) is 0 Å². The maximum atomic E-state index is 12.4. The van der Waals surface area contributed by atoms with Crippen molar-refractivity contribution in [3.8, 4) is 51.7 Å². The van der Waals surface area contributed by atoms with Crippen LogP contribution in [0.3, 0.4) is 0 Å². The molecule has 0 amide bonds. The van der Waals surface area contributed by atoms with Gasteiger partial charge in [-0.1, -0.05) is 19.7 Å². The van der Waals surface area contributed by atoms with Gasteiger partial charge < -0.3 is 43.7 Å². The smallest absolute Gasteiger partial charge is 0.338 e. The predicted octanol–water partition coefficient (Wildman–Crippen LogP) is 5.80. The molecule has 0 atom stereocenters. The SMILES string of the molecule is C=C(C)C(=O)Oc1cc(OCc2cc(OC(=O)C(=C)C)c(OCC)cc2O)c(O)cc1COc1cc(O)ccc1OC(=O)C(=C)C. The molecule has 0 aliphatic rings. The summed E-state index contributed by atoms with van der Waals surface area (Å²) in [6, 6.07) is 8.88. The number of rotatable bonds is 14. The fourth-order valence-corrected chi connectivity index (χ4v) is 3.54. The van der Waals surface area contributed by atoms with Crippen LogP contribution in [-0.4, -0.2) is 39.8 Å². The topological polar surface area (TPSA) is 167 Å². The van der Waals surface area contributed by atoms with Gasteiger partial charge >= 0.3 is 17.9 Å². The van der Waals surface area contributed by atoms with Gasteiger partial charge in [0.15, 0.2) is 34.5 Å². The van der Waals surface area contributed by atoms with E-state index in [1.54, 1.807) is 6.92 Å². The fourth-order valence-electron chi connectivity index (χ4n) is 3.54. The first kappa shape index (κ1) is 34.6. The Bertz CT molecular complexity index is 1700. The number of phenolic OH excluding ortho intramolecular Hbond substituents is 3. The van der Waals surface area contributed by atoms with Crippen molar-refractivity contribution in [2.75, 3.05) is 6.61 Å². The standard InChI is InChI=1S/C34H34O12/c1-8-41-30-14-24(36)21(12-31(30)46-34(40)20(6)7)16-42-28-15-27(45-33(39)19(4)5)22(11-25(28)37)17-43-29-13-23(35)9-10-26(29)44-32(38)18(2)3/h9-15,35-37H,2,4,6,8,16-17H2,1,3,5,7H3. The minimum absolute atomic E-state index is 0.0132. The molecule has 12 nitrogen and oxygen atoms in total. The highest BCUT2D eigenvalue weighted by Crippen LogP contribution is 2.39. The molecule has 3 aromatic rings. The molecule has 0 saturated carbocycles. The van der Waals surface area contributed by atoms with Crippen LogP contribution in [0.15, 0.2) is 78.9 Å². The van der Waals surface area contributed by atoms with E-state index in [9.17, 15) is 29.7 Å². The van der Waals surface area contributed by atoms with Crippen molar-refractivity contribution in [1.82, 2.24) is 0 Å². The molecular weight excluding hydrogens is 600 g/mol. The second-order valence-corrected chi connectivity index (χ2v) is 10.0. The monoisotopic (exact) mass is 634 g/mol. The van der Waals surface area contributed by atoms with Crippen LogP contribution in [0.25, 0.3) is 0 Å². The van der Waals surface area contributed by atoms with Crippen molar-refractivity contribution >= 4 is 17.9 Å². The van der Waals surface area contributed by atoms with Gasteiger partial charge in [0.05, 0.1) is 6.61 Å². The Balaban J connectivity index is 1.93. The van der Waals surface area contributed by atoms with Crippen molar-refractivity contribution < 1.29 is 58.1 Å². The van der Waals surface area contributed by atoms with Crippen LogP contribution in [-0.2, 0) is 27.6 Å². The first-order valence-electron chi connectivity index (χ1n) is 13.8. The molecule has 3 N–H and O–H groups in total. The van der Waals surface area contributed by atoms with E-state index in [-0.39, 0.29) is 93.7 Å². The number of carbonyl (C=O) groups excluding carboxylic acids is 3. The highest BCUT2D eigenvalue weighted by atomic mass is 16.6. The van der Waals surface area contributed by atoms with Crippen molar-refractivity contribution in [2.45, 2.75) is 40.9 Å². The van der Waals surface area contributed by atoms with Crippen LogP contribution in [0.4, 0.5) is 0 Å². The molecule has 0 aromatic heterocycles. The van der Waals surface area contributed by atoms with Gasteiger partial charge in [-0.25, -0.2) is 14.4 Å². The normalized spacial score (nSPS) is 10.3. The molecule has 0 heterocycles. The predicted molar refractivity (Wildman–Crippen MR) is 166 cm³/mol. The molecule has 3 aromatic carbocycles. The Morgan fingerprint density at radius 3 is 1.67 bits per heavy atom. The number of carbonyl (C=O) groups is 3. The van der Waals surface area contributed by atoms with E-state index in [2.05, 4.69) is 19.7 Å². The largest absolute Gasteiger partial charge is 0.508 e. The molecule has 3 rings (SSSR count). The molecule has 46 heavy (non-hydrogen) atoms. The van der Waals surface area contributed by atoms with Gasteiger partial charge in [-0.2, -0.15) is 0 Å². The molecular formula is C34H34O12. The zero-order valence-corrected chi connectivity index (χ0v) is 25.8. The first-order chi connectivity index (χ1) is 21.7. The van der Waals surface area contributed by atoms with Gasteiger partial charge in [-0.15, -0.1) is 0 Å². The second-order valence-electron chi connectivity index (χ2n) is 10.0. The summed E-state index contributed by atoms with van der Waals surface area (Å²) in [5.74, 6) is -3.15. The Labute approximate surface area is 265 Å². The molecule has 0 aliphatic heterocycles. The maximum absolute atomic E-state index is 12.4. The number of ether oxygens (including phenoxy) is 6. The molecule has 0 unspecified atom stereocenters. The van der Waals surface area contributed by atoms with Crippen molar-refractivity contribution in [3.05, 3.63) is 90.0 Å². The average molecular weight is 635 g/mol. The minimum atomic E-state index is -0.778. The van der Waals surface area contributed by atoms with Crippen molar-refractivity contribution in [3.63, 3.8) is 0 Å². The maximum Gasteiger partial charge on any atom is 0.338 e. The molecule has 0 saturated heterocycles. The Kier molecular flexibility index (Phi) is 11.4. The molecule has 0 fully saturated rings. The number of hydrogen-bond donors (Lipinski definition) is 3. The lowest BCUT2D eigenvalue weighted by Gasteiger charge is -2.17. The van der Waals surface area contributed by atoms with E-state index in [4.69, 9.17) is 28.4 Å². The Hall–Kier alpha value is -5.91. The van der Waals surface area contributed by atoms with Gasteiger partial charge in [0.25, 0.3) is 0 Å². The molecule has 0 spiro atoms. The Morgan fingerprint density at radius 1 is 0.565 bits per heavy atom. The van der Waals surface area contributed by atoms with E-state index in [0.717, 1.165) is 0 Å². The highest BCUT2D eigenvalue weighted by Gasteiger charge is 2.20. The third-order valence-corrected chi connectivity index (χ3v) is 5.93. The van der Waals surface area contributed by atoms with Crippen LogP contribution >= 0.6 is 0 Å². The third-order valence-electron chi connectivity index (χ3n) is 5.93. The summed E-state index contributed by atoms with van der Waals surface area (Å²) >= 11 is 0. The summed E-state index contributed by atoms with van der Waals surface area (Å²) in [6.07, 6.45) is 0. The van der Waals surface area contributed by atoms with E-state index < -0.39 is 23.7 Å². The molecule has 0 bridgehead atoms. The molecule has 12 heteroatoms. The van der Waals surface area contributed by atoms with Crippen molar-refractivity contribution in [1.29, 1.82) is 0 Å². The van der Waals surface area contributed by atoms with E-state index in [0.29, 0.717) is 0 Å². The van der Waals surface area contributed by atoms with Gasteiger partial charge in [-0.05, 0) is 52.0 Å². The van der Waals surface area contributed by atoms with Gasteiger partial charge in [0.2, 0.25) is 0 Å². The zero-order valence-electron chi connectivity index (χ0n) is 25.8. The van der Waals surface area contributed by atoms with Crippen LogP contribution in [0.5, 0.6) is 51.7 Å². The molecule has 0 aliphatic carbocycles. The van der Waals surface area contributed by atoms with E-state index in [1.165, 1.54) is 63.2 Å². The lowest BCUT2D eigenvalue weighted by atomic mass is 10.1. The van der Waals surface area contributed by atoms with Gasteiger partial charge in [0.1, 0.15) is 30.5 Å².